The molecule has 7 heteroatoms. The molecule has 0 aromatic heterocycles. The number of anilines is 1. The minimum Gasteiger partial charge on any atom is -0.322 e. The molecular weight excluding hydrogens is 380 g/mol. The molecule has 1 aliphatic heterocycles. The molecule has 1 aliphatic rings. The molecule has 1 saturated heterocycles. The minimum absolute atomic E-state index is 0.208. The maximum absolute atomic E-state index is 12.8. The van der Waals surface area contributed by atoms with Crippen LogP contribution in [0, 0.1) is 5.92 Å². The van der Waals surface area contributed by atoms with Gasteiger partial charge in [-0.1, -0.05) is 19.1 Å². The van der Waals surface area contributed by atoms with E-state index in [2.05, 4.69) is 12.2 Å². The molecule has 1 N–H and O–H groups in total. The van der Waals surface area contributed by atoms with E-state index in [1.165, 1.54) is 11.8 Å². The van der Waals surface area contributed by atoms with Gasteiger partial charge in [0.25, 0.3) is 5.91 Å². The van der Waals surface area contributed by atoms with E-state index in [1.807, 2.05) is 24.5 Å². The van der Waals surface area contributed by atoms with Crippen LogP contribution in [-0.2, 0) is 10.0 Å². The summed E-state index contributed by atoms with van der Waals surface area (Å²) >= 11 is 1.51. The van der Waals surface area contributed by atoms with Gasteiger partial charge in [-0.15, -0.1) is 11.8 Å². The second-order valence-electron chi connectivity index (χ2n) is 6.79. The van der Waals surface area contributed by atoms with E-state index in [0.29, 0.717) is 30.3 Å². The van der Waals surface area contributed by atoms with Crippen molar-refractivity contribution in [2.75, 3.05) is 24.7 Å². The Labute approximate surface area is 165 Å². The van der Waals surface area contributed by atoms with Crippen molar-refractivity contribution in [2.24, 2.45) is 5.92 Å². The fraction of sp³-hybridized carbons (Fsp3) is 0.350. The first kappa shape index (κ1) is 19.9. The van der Waals surface area contributed by atoms with Gasteiger partial charge in [0, 0.05) is 23.7 Å². The van der Waals surface area contributed by atoms with Crippen molar-refractivity contribution in [3.05, 3.63) is 54.1 Å². The number of benzene rings is 2. The van der Waals surface area contributed by atoms with Crippen molar-refractivity contribution in [1.29, 1.82) is 0 Å². The average molecular weight is 405 g/mol. The normalized spacial score (nSPS) is 18.2. The van der Waals surface area contributed by atoms with Crippen LogP contribution in [0.15, 0.2) is 58.3 Å². The largest absolute Gasteiger partial charge is 0.322 e. The molecule has 0 radical (unpaired) electrons. The SMILES string of the molecule is CSc1ccccc1C(=O)Nc1ccc(S(=O)(=O)N2CCCC(C)C2)cc1. The molecule has 1 atom stereocenters. The predicted molar refractivity (Wildman–Crippen MR) is 110 cm³/mol. The van der Waals surface area contributed by atoms with Gasteiger partial charge in [0.15, 0.2) is 0 Å². The number of amides is 1. The fourth-order valence-corrected chi connectivity index (χ4v) is 5.45. The Balaban J connectivity index is 1.74. The molecule has 5 nitrogen and oxygen atoms in total. The number of hydrogen-bond acceptors (Lipinski definition) is 4. The van der Waals surface area contributed by atoms with E-state index in [4.69, 9.17) is 0 Å². The van der Waals surface area contributed by atoms with Crippen LogP contribution in [0.1, 0.15) is 30.1 Å². The van der Waals surface area contributed by atoms with Crippen LogP contribution in [0.3, 0.4) is 0 Å². The van der Waals surface area contributed by atoms with E-state index in [9.17, 15) is 13.2 Å². The second-order valence-corrected chi connectivity index (χ2v) is 9.58. The summed E-state index contributed by atoms with van der Waals surface area (Å²) in [6.07, 6.45) is 3.88. The van der Waals surface area contributed by atoms with Gasteiger partial charge in [-0.25, -0.2) is 8.42 Å². The Kier molecular flexibility index (Phi) is 6.24. The van der Waals surface area contributed by atoms with Crippen molar-refractivity contribution in [1.82, 2.24) is 4.31 Å². The van der Waals surface area contributed by atoms with Crippen molar-refractivity contribution in [3.63, 3.8) is 0 Å². The maximum Gasteiger partial charge on any atom is 0.256 e. The third-order valence-corrected chi connectivity index (χ3v) is 7.40. The van der Waals surface area contributed by atoms with Crippen molar-refractivity contribution < 1.29 is 13.2 Å². The first-order valence-corrected chi connectivity index (χ1v) is 11.6. The highest BCUT2D eigenvalue weighted by atomic mass is 32.2. The van der Waals surface area contributed by atoms with Crippen molar-refractivity contribution in [3.8, 4) is 0 Å². The molecular formula is C20H24N2O3S2. The third-order valence-electron chi connectivity index (χ3n) is 4.72. The fourth-order valence-electron chi connectivity index (χ4n) is 3.25. The lowest BCUT2D eigenvalue weighted by molar-refractivity contribution is 0.102. The van der Waals surface area contributed by atoms with E-state index < -0.39 is 10.0 Å². The van der Waals surface area contributed by atoms with Crippen LogP contribution in [0.4, 0.5) is 5.69 Å². The van der Waals surface area contributed by atoms with Crippen LogP contribution in [0.25, 0.3) is 0 Å². The van der Waals surface area contributed by atoms with Gasteiger partial charge in [0.2, 0.25) is 10.0 Å². The van der Waals surface area contributed by atoms with Gasteiger partial charge in [-0.05, 0) is 61.4 Å². The lowest BCUT2D eigenvalue weighted by atomic mass is 10.0. The molecule has 27 heavy (non-hydrogen) atoms. The summed E-state index contributed by atoms with van der Waals surface area (Å²) in [5.74, 6) is 0.170. The number of piperidine rings is 1. The number of carbonyl (C=O) groups excluding carboxylic acids is 1. The summed E-state index contributed by atoms with van der Waals surface area (Å²) < 4.78 is 27.2. The molecule has 2 aromatic carbocycles. The molecule has 0 spiro atoms. The van der Waals surface area contributed by atoms with Gasteiger partial charge in [0.1, 0.15) is 0 Å². The van der Waals surface area contributed by atoms with Gasteiger partial charge in [0.05, 0.1) is 10.5 Å². The highest BCUT2D eigenvalue weighted by Gasteiger charge is 2.28. The standard InChI is InChI=1S/C20H24N2O3S2/c1-15-6-5-13-22(14-15)27(24,25)17-11-9-16(10-12-17)21-20(23)18-7-3-4-8-19(18)26-2/h3-4,7-12,15H,5-6,13-14H2,1-2H3,(H,21,23). The Hall–Kier alpha value is -1.83. The number of thioether (sulfide) groups is 1. The van der Waals surface area contributed by atoms with Crippen LogP contribution in [0.5, 0.6) is 0 Å². The van der Waals surface area contributed by atoms with E-state index in [0.717, 1.165) is 17.7 Å². The van der Waals surface area contributed by atoms with Gasteiger partial charge in [-0.3, -0.25) is 4.79 Å². The number of rotatable bonds is 5. The van der Waals surface area contributed by atoms with Crippen LogP contribution < -0.4 is 5.32 Å². The molecule has 1 fully saturated rings. The summed E-state index contributed by atoms with van der Waals surface area (Å²) in [5.41, 5.74) is 1.17. The zero-order valence-electron chi connectivity index (χ0n) is 15.5. The average Bonchev–Trinajstić information content (AvgIpc) is 2.68. The molecule has 144 valence electrons. The Morgan fingerprint density at radius 1 is 1.15 bits per heavy atom. The monoisotopic (exact) mass is 404 g/mol. The Morgan fingerprint density at radius 3 is 2.52 bits per heavy atom. The van der Waals surface area contributed by atoms with Gasteiger partial charge >= 0.3 is 0 Å². The van der Waals surface area contributed by atoms with E-state index in [1.54, 1.807) is 34.6 Å². The summed E-state index contributed by atoms with van der Waals surface area (Å²) in [6, 6.07) is 13.8. The zero-order chi connectivity index (χ0) is 19.4. The smallest absolute Gasteiger partial charge is 0.256 e. The number of carbonyl (C=O) groups is 1. The van der Waals surface area contributed by atoms with Crippen molar-refractivity contribution in [2.45, 2.75) is 29.6 Å². The predicted octanol–water partition coefficient (Wildman–Crippen LogP) is 4.08. The van der Waals surface area contributed by atoms with Crippen LogP contribution in [0.2, 0.25) is 0 Å². The van der Waals surface area contributed by atoms with Gasteiger partial charge < -0.3 is 5.32 Å². The molecule has 0 bridgehead atoms. The summed E-state index contributed by atoms with van der Waals surface area (Å²) in [5, 5.41) is 2.84. The lowest BCUT2D eigenvalue weighted by Crippen LogP contribution is -2.39. The van der Waals surface area contributed by atoms with Crippen molar-refractivity contribution >= 4 is 33.4 Å². The summed E-state index contributed by atoms with van der Waals surface area (Å²) in [4.78, 5) is 13.7. The summed E-state index contributed by atoms with van der Waals surface area (Å²) in [7, 11) is -3.49. The number of nitrogens with zero attached hydrogens (tertiary/aromatic N) is 1. The van der Waals surface area contributed by atoms with E-state index >= 15 is 0 Å². The minimum atomic E-state index is -3.49. The van der Waals surface area contributed by atoms with Gasteiger partial charge in [-0.2, -0.15) is 4.31 Å². The summed E-state index contributed by atoms with van der Waals surface area (Å²) in [6.45, 7) is 3.20. The molecule has 2 aromatic rings. The highest BCUT2D eigenvalue weighted by molar-refractivity contribution is 7.98. The third kappa shape index (κ3) is 4.54. The van der Waals surface area contributed by atoms with Crippen LogP contribution >= 0.6 is 11.8 Å². The molecule has 1 unspecified atom stereocenters. The highest BCUT2D eigenvalue weighted by Crippen LogP contribution is 2.25. The van der Waals surface area contributed by atoms with Crippen LogP contribution in [-0.4, -0.2) is 38.0 Å². The lowest BCUT2D eigenvalue weighted by Gasteiger charge is -2.30. The van der Waals surface area contributed by atoms with E-state index in [-0.39, 0.29) is 10.8 Å². The maximum atomic E-state index is 12.8. The second kappa shape index (κ2) is 8.46. The number of sulfonamides is 1. The molecule has 0 aliphatic carbocycles. The molecule has 1 heterocycles. The first-order chi connectivity index (χ1) is 12.9. The zero-order valence-corrected chi connectivity index (χ0v) is 17.1. The Morgan fingerprint density at radius 2 is 1.85 bits per heavy atom. The Bertz CT molecular complexity index is 911. The first-order valence-electron chi connectivity index (χ1n) is 8.96. The number of nitrogens with one attached hydrogen (secondary N) is 1. The molecule has 0 saturated carbocycles. The number of hydrogen-bond donors (Lipinski definition) is 1. The molecule has 1 amide bonds. The molecule has 3 rings (SSSR count). The quantitative estimate of drug-likeness (QED) is 0.763. The topological polar surface area (TPSA) is 66.5 Å².